The summed E-state index contributed by atoms with van der Waals surface area (Å²) in [6.45, 7) is 3.89. The van der Waals surface area contributed by atoms with E-state index >= 15 is 0 Å². The first-order chi connectivity index (χ1) is 8.69. The number of rotatable bonds is 4. The number of carbonyl (C=O) groups is 1. The van der Waals surface area contributed by atoms with Crippen LogP contribution < -0.4 is 0 Å². The van der Waals surface area contributed by atoms with Crippen LogP contribution in [0.2, 0.25) is 0 Å². The standard InChI is InChI=1S/C13H14FN3O/c1-3-12-15-13(4-2)17(16-12)11-6-5-9(8-18)7-10(11)14/h5-8H,3-4H2,1-2H3. The summed E-state index contributed by atoms with van der Waals surface area (Å²) in [5.74, 6) is 0.928. The first kappa shape index (κ1) is 12.4. The Balaban J connectivity index is 2.53. The topological polar surface area (TPSA) is 47.8 Å². The van der Waals surface area contributed by atoms with Gasteiger partial charge in [0.05, 0.1) is 0 Å². The lowest BCUT2D eigenvalue weighted by Gasteiger charge is -2.05. The predicted octanol–water partition coefficient (Wildman–Crippen LogP) is 2.34. The number of aryl methyl sites for hydroxylation is 2. The van der Waals surface area contributed by atoms with Gasteiger partial charge in [-0.05, 0) is 18.2 Å². The van der Waals surface area contributed by atoms with Gasteiger partial charge in [-0.2, -0.15) is 5.10 Å². The van der Waals surface area contributed by atoms with Crippen molar-refractivity contribution in [3.63, 3.8) is 0 Å². The van der Waals surface area contributed by atoms with Crippen LogP contribution in [0.5, 0.6) is 0 Å². The van der Waals surface area contributed by atoms with Crippen LogP contribution >= 0.6 is 0 Å². The number of aldehydes is 1. The van der Waals surface area contributed by atoms with Crippen LogP contribution in [0.15, 0.2) is 18.2 Å². The Hall–Kier alpha value is -2.04. The third-order valence-electron chi connectivity index (χ3n) is 2.69. The Labute approximate surface area is 104 Å². The van der Waals surface area contributed by atoms with Crippen LogP contribution in [0.4, 0.5) is 4.39 Å². The van der Waals surface area contributed by atoms with Crippen LogP contribution in [0.1, 0.15) is 35.9 Å². The van der Waals surface area contributed by atoms with Crippen molar-refractivity contribution in [2.24, 2.45) is 0 Å². The molecule has 0 amide bonds. The number of aromatic nitrogens is 3. The summed E-state index contributed by atoms with van der Waals surface area (Å²) in [5.41, 5.74) is 0.634. The molecule has 0 atom stereocenters. The van der Waals surface area contributed by atoms with Gasteiger partial charge in [-0.1, -0.05) is 13.8 Å². The molecule has 0 aliphatic rings. The van der Waals surface area contributed by atoms with E-state index in [2.05, 4.69) is 10.1 Å². The Kier molecular flexibility index (Phi) is 3.50. The van der Waals surface area contributed by atoms with Crippen molar-refractivity contribution in [3.05, 3.63) is 41.2 Å². The van der Waals surface area contributed by atoms with E-state index < -0.39 is 5.82 Å². The molecule has 4 nitrogen and oxygen atoms in total. The van der Waals surface area contributed by atoms with Crippen LogP contribution in [0, 0.1) is 5.82 Å². The van der Waals surface area contributed by atoms with Crippen LogP contribution in [-0.2, 0) is 12.8 Å². The maximum Gasteiger partial charge on any atom is 0.151 e. The SMILES string of the molecule is CCc1nc(CC)n(-c2ccc(C=O)cc2F)n1. The molecule has 0 fully saturated rings. The molecule has 1 aromatic carbocycles. The summed E-state index contributed by atoms with van der Waals surface area (Å²) >= 11 is 0. The molecule has 0 bridgehead atoms. The number of nitrogens with zero attached hydrogens (tertiary/aromatic N) is 3. The quantitative estimate of drug-likeness (QED) is 0.779. The molecule has 2 rings (SSSR count). The third kappa shape index (κ3) is 2.16. The molecular weight excluding hydrogens is 233 g/mol. The van der Waals surface area contributed by atoms with Crippen molar-refractivity contribution in [2.45, 2.75) is 26.7 Å². The fraction of sp³-hybridized carbons (Fsp3) is 0.308. The summed E-state index contributed by atoms with van der Waals surface area (Å²) in [5, 5.41) is 4.26. The van der Waals surface area contributed by atoms with Gasteiger partial charge in [0.1, 0.15) is 23.6 Å². The van der Waals surface area contributed by atoms with E-state index in [-0.39, 0.29) is 0 Å². The number of carbonyl (C=O) groups excluding carboxylic acids is 1. The average molecular weight is 247 g/mol. The molecule has 0 unspecified atom stereocenters. The molecule has 0 saturated heterocycles. The Morgan fingerprint density at radius 3 is 2.67 bits per heavy atom. The van der Waals surface area contributed by atoms with Gasteiger partial charge in [0, 0.05) is 18.4 Å². The molecule has 94 valence electrons. The lowest BCUT2D eigenvalue weighted by atomic mass is 10.2. The zero-order valence-electron chi connectivity index (χ0n) is 10.4. The Morgan fingerprint density at radius 1 is 1.33 bits per heavy atom. The van der Waals surface area contributed by atoms with Crippen molar-refractivity contribution in [2.75, 3.05) is 0 Å². The molecule has 1 heterocycles. The minimum absolute atomic E-state index is 0.310. The van der Waals surface area contributed by atoms with Gasteiger partial charge in [-0.25, -0.2) is 14.1 Å². The average Bonchev–Trinajstić information content (AvgIpc) is 2.81. The van der Waals surface area contributed by atoms with Crippen LogP contribution in [0.25, 0.3) is 5.69 Å². The molecule has 0 aliphatic carbocycles. The molecule has 0 radical (unpaired) electrons. The summed E-state index contributed by atoms with van der Waals surface area (Å²) in [4.78, 5) is 14.9. The molecule has 1 aromatic heterocycles. The smallest absolute Gasteiger partial charge is 0.151 e. The normalized spacial score (nSPS) is 10.6. The molecule has 0 aliphatic heterocycles. The maximum absolute atomic E-state index is 13.9. The van der Waals surface area contributed by atoms with Crippen LogP contribution in [0.3, 0.4) is 0 Å². The van der Waals surface area contributed by atoms with E-state index in [0.717, 1.165) is 0 Å². The van der Waals surface area contributed by atoms with Crippen molar-refractivity contribution in [1.29, 1.82) is 0 Å². The van der Waals surface area contributed by atoms with Gasteiger partial charge in [-0.3, -0.25) is 4.79 Å². The van der Waals surface area contributed by atoms with E-state index in [1.807, 2.05) is 13.8 Å². The van der Waals surface area contributed by atoms with E-state index in [4.69, 9.17) is 0 Å². The summed E-state index contributed by atoms with van der Waals surface area (Å²) in [6.07, 6.45) is 1.99. The van der Waals surface area contributed by atoms with E-state index in [0.29, 0.717) is 42.0 Å². The lowest BCUT2D eigenvalue weighted by molar-refractivity contribution is 0.112. The number of hydrogen-bond donors (Lipinski definition) is 0. The van der Waals surface area contributed by atoms with Crippen molar-refractivity contribution < 1.29 is 9.18 Å². The van der Waals surface area contributed by atoms with Gasteiger partial charge in [-0.15, -0.1) is 0 Å². The summed E-state index contributed by atoms with van der Waals surface area (Å²) < 4.78 is 15.4. The largest absolute Gasteiger partial charge is 0.298 e. The fourth-order valence-corrected chi connectivity index (χ4v) is 1.73. The highest BCUT2D eigenvalue weighted by Crippen LogP contribution is 2.16. The van der Waals surface area contributed by atoms with Gasteiger partial charge in [0.25, 0.3) is 0 Å². The minimum Gasteiger partial charge on any atom is -0.298 e. The first-order valence-electron chi connectivity index (χ1n) is 5.89. The molecule has 0 N–H and O–H groups in total. The molecule has 5 heteroatoms. The lowest BCUT2D eigenvalue weighted by Crippen LogP contribution is -2.05. The highest BCUT2D eigenvalue weighted by molar-refractivity contribution is 5.75. The molecule has 0 spiro atoms. The van der Waals surface area contributed by atoms with Crippen LogP contribution in [-0.4, -0.2) is 21.1 Å². The third-order valence-corrected chi connectivity index (χ3v) is 2.69. The number of halogens is 1. The van der Waals surface area contributed by atoms with Gasteiger partial charge < -0.3 is 0 Å². The van der Waals surface area contributed by atoms with E-state index in [1.165, 1.54) is 10.7 Å². The number of benzene rings is 1. The summed E-state index contributed by atoms with van der Waals surface area (Å²) in [6, 6.07) is 4.32. The minimum atomic E-state index is -0.471. The zero-order chi connectivity index (χ0) is 13.1. The molecule has 2 aromatic rings. The van der Waals surface area contributed by atoms with Crippen molar-refractivity contribution in [3.8, 4) is 5.69 Å². The van der Waals surface area contributed by atoms with Gasteiger partial charge in [0.15, 0.2) is 5.82 Å². The van der Waals surface area contributed by atoms with E-state index in [9.17, 15) is 9.18 Å². The maximum atomic E-state index is 13.9. The number of hydrogen-bond acceptors (Lipinski definition) is 3. The molecule has 0 saturated carbocycles. The molecule has 18 heavy (non-hydrogen) atoms. The van der Waals surface area contributed by atoms with Crippen molar-refractivity contribution >= 4 is 6.29 Å². The molecular formula is C13H14FN3O. The van der Waals surface area contributed by atoms with E-state index in [1.54, 1.807) is 12.1 Å². The highest BCUT2D eigenvalue weighted by atomic mass is 19.1. The Morgan fingerprint density at radius 2 is 2.11 bits per heavy atom. The first-order valence-corrected chi connectivity index (χ1v) is 5.89. The fourth-order valence-electron chi connectivity index (χ4n) is 1.73. The predicted molar refractivity (Wildman–Crippen MR) is 65.5 cm³/mol. The summed E-state index contributed by atoms with van der Waals surface area (Å²) in [7, 11) is 0. The van der Waals surface area contributed by atoms with Gasteiger partial charge in [0.2, 0.25) is 0 Å². The monoisotopic (exact) mass is 247 g/mol. The Bertz CT molecular complexity index is 578. The second-order valence-corrected chi connectivity index (χ2v) is 3.89. The highest BCUT2D eigenvalue weighted by Gasteiger charge is 2.13. The zero-order valence-corrected chi connectivity index (χ0v) is 10.4. The van der Waals surface area contributed by atoms with Gasteiger partial charge >= 0.3 is 0 Å². The second kappa shape index (κ2) is 5.08. The second-order valence-electron chi connectivity index (χ2n) is 3.89. The van der Waals surface area contributed by atoms with Crippen molar-refractivity contribution in [1.82, 2.24) is 14.8 Å².